The SMILES string of the molecule is CC1CCCC(Oc2nccc(/C(N)=N/O)n2)C1. The third-order valence-corrected chi connectivity index (χ3v) is 3.16. The van der Waals surface area contributed by atoms with E-state index in [-0.39, 0.29) is 11.9 Å². The number of amidine groups is 1. The zero-order valence-electron chi connectivity index (χ0n) is 10.4. The molecule has 1 aliphatic carbocycles. The molecule has 98 valence electrons. The van der Waals surface area contributed by atoms with E-state index in [9.17, 15) is 0 Å². The van der Waals surface area contributed by atoms with Gasteiger partial charge >= 0.3 is 6.01 Å². The number of ether oxygens (including phenoxy) is 1. The maximum atomic E-state index is 8.60. The van der Waals surface area contributed by atoms with Gasteiger partial charge in [-0.25, -0.2) is 4.98 Å². The second-order valence-corrected chi connectivity index (χ2v) is 4.72. The minimum absolute atomic E-state index is 0.0423. The Morgan fingerprint density at radius 2 is 2.39 bits per heavy atom. The molecule has 0 bridgehead atoms. The summed E-state index contributed by atoms with van der Waals surface area (Å²) in [6, 6.07) is 1.86. The summed E-state index contributed by atoms with van der Waals surface area (Å²) in [5.74, 6) is 0.635. The highest BCUT2D eigenvalue weighted by molar-refractivity contribution is 5.95. The summed E-state index contributed by atoms with van der Waals surface area (Å²) in [6.45, 7) is 2.23. The molecule has 0 amide bonds. The zero-order valence-corrected chi connectivity index (χ0v) is 10.4. The van der Waals surface area contributed by atoms with Gasteiger partial charge in [-0.3, -0.25) is 0 Å². The van der Waals surface area contributed by atoms with Crippen LogP contribution in [-0.4, -0.2) is 27.1 Å². The Bertz CT molecular complexity index is 436. The Morgan fingerprint density at radius 1 is 1.56 bits per heavy atom. The second-order valence-electron chi connectivity index (χ2n) is 4.72. The molecule has 1 aromatic heterocycles. The van der Waals surface area contributed by atoms with Gasteiger partial charge in [0.1, 0.15) is 11.8 Å². The van der Waals surface area contributed by atoms with Crippen molar-refractivity contribution < 1.29 is 9.94 Å². The van der Waals surface area contributed by atoms with Crippen molar-refractivity contribution in [1.29, 1.82) is 0 Å². The molecule has 1 aliphatic rings. The van der Waals surface area contributed by atoms with E-state index < -0.39 is 0 Å². The Labute approximate surface area is 106 Å². The average molecular weight is 250 g/mol. The Balaban J connectivity index is 2.05. The van der Waals surface area contributed by atoms with Crippen LogP contribution >= 0.6 is 0 Å². The molecule has 1 aromatic rings. The van der Waals surface area contributed by atoms with Gasteiger partial charge in [-0.15, -0.1) is 0 Å². The molecule has 0 spiro atoms. The zero-order chi connectivity index (χ0) is 13.0. The molecule has 1 saturated carbocycles. The fourth-order valence-electron chi connectivity index (χ4n) is 2.23. The summed E-state index contributed by atoms with van der Waals surface area (Å²) in [5.41, 5.74) is 5.84. The van der Waals surface area contributed by atoms with E-state index in [1.807, 2.05) is 0 Å². The van der Waals surface area contributed by atoms with Crippen molar-refractivity contribution in [1.82, 2.24) is 9.97 Å². The molecule has 2 unspecified atom stereocenters. The van der Waals surface area contributed by atoms with Gasteiger partial charge in [0.05, 0.1) is 0 Å². The van der Waals surface area contributed by atoms with Crippen molar-refractivity contribution >= 4 is 5.84 Å². The molecule has 18 heavy (non-hydrogen) atoms. The normalized spacial score (nSPS) is 24.8. The fraction of sp³-hybridized carbons (Fsp3) is 0.583. The van der Waals surface area contributed by atoms with Crippen molar-refractivity contribution in [2.24, 2.45) is 16.8 Å². The largest absolute Gasteiger partial charge is 0.460 e. The molecule has 1 fully saturated rings. The second kappa shape index (κ2) is 5.66. The number of hydrogen-bond acceptors (Lipinski definition) is 5. The van der Waals surface area contributed by atoms with Crippen molar-refractivity contribution in [2.45, 2.75) is 38.7 Å². The lowest BCUT2D eigenvalue weighted by Crippen LogP contribution is -2.25. The van der Waals surface area contributed by atoms with Gasteiger partial charge in [0.2, 0.25) is 0 Å². The molecule has 2 atom stereocenters. The number of nitrogens with two attached hydrogens (primary N) is 1. The van der Waals surface area contributed by atoms with Gasteiger partial charge in [-0.2, -0.15) is 4.98 Å². The molecule has 6 nitrogen and oxygen atoms in total. The van der Waals surface area contributed by atoms with Gasteiger partial charge in [0, 0.05) is 6.20 Å². The van der Waals surface area contributed by atoms with E-state index in [2.05, 4.69) is 22.0 Å². The molecule has 1 heterocycles. The highest BCUT2D eigenvalue weighted by atomic mass is 16.5. The number of hydrogen-bond donors (Lipinski definition) is 2. The molecular formula is C12H18N4O2. The minimum Gasteiger partial charge on any atom is -0.460 e. The van der Waals surface area contributed by atoms with Crippen molar-refractivity contribution in [3.8, 4) is 6.01 Å². The van der Waals surface area contributed by atoms with E-state index in [4.69, 9.17) is 15.7 Å². The predicted molar refractivity (Wildman–Crippen MR) is 66.6 cm³/mol. The molecule has 0 aromatic carbocycles. The number of nitrogens with zero attached hydrogens (tertiary/aromatic N) is 3. The van der Waals surface area contributed by atoms with E-state index in [0.29, 0.717) is 17.6 Å². The number of oxime groups is 1. The average Bonchev–Trinajstić information content (AvgIpc) is 2.38. The lowest BCUT2D eigenvalue weighted by molar-refractivity contribution is 0.118. The van der Waals surface area contributed by atoms with Crippen LogP contribution in [0.5, 0.6) is 6.01 Å². The van der Waals surface area contributed by atoms with Gasteiger partial charge in [0.15, 0.2) is 5.84 Å². The first kappa shape index (κ1) is 12.6. The first-order chi connectivity index (χ1) is 8.69. The van der Waals surface area contributed by atoms with Crippen molar-refractivity contribution in [3.63, 3.8) is 0 Å². The Morgan fingerprint density at radius 3 is 3.11 bits per heavy atom. The predicted octanol–water partition coefficient (Wildman–Crippen LogP) is 1.53. The van der Waals surface area contributed by atoms with Gasteiger partial charge < -0.3 is 15.7 Å². The van der Waals surface area contributed by atoms with E-state index in [0.717, 1.165) is 12.8 Å². The molecule has 0 saturated heterocycles. The molecule has 2 rings (SSSR count). The van der Waals surface area contributed by atoms with E-state index in [1.54, 1.807) is 12.3 Å². The quantitative estimate of drug-likeness (QED) is 0.367. The molecule has 0 radical (unpaired) electrons. The molecule has 6 heteroatoms. The number of rotatable bonds is 3. The van der Waals surface area contributed by atoms with Crippen LogP contribution in [0.4, 0.5) is 0 Å². The highest BCUT2D eigenvalue weighted by Gasteiger charge is 2.21. The van der Waals surface area contributed by atoms with E-state index in [1.165, 1.54) is 12.8 Å². The van der Waals surface area contributed by atoms with Gasteiger partial charge in [0.25, 0.3) is 0 Å². The summed E-state index contributed by atoms with van der Waals surface area (Å²) in [4.78, 5) is 8.16. The van der Waals surface area contributed by atoms with Crippen LogP contribution in [0.25, 0.3) is 0 Å². The summed E-state index contributed by atoms with van der Waals surface area (Å²) < 4.78 is 5.75. The van der Waals surface area contributed by atoms with Crippen LogP contribution in [0.2, 0.25) is 0 Å². The van der Waals surface area contributed by atoms with Crippen molar-refractivity contribution in [3.05, 3.63) is 18.0 Å². The van der Waals surface area contributed by atoms with E-state index >= 15 is 0 Å². The maximum absolute atomic E-state index is 8.60. The summed E-state index contributed by atoms with van der Waals surface area (Å²) in [7, 11) is 0. The van der Waals surface area contributed by atoms with Crippen LogP contribution in [0, 0.1) is 5.92 Å². The van der Waals surface area contributed by atoms with Crippen LogP contribution in [0.15, 0.2) is 17.4 Å². The fourth-order valence-corrected chi connectivity index (χ4v) is 2.23. The van der Waals surface area contributed by atoms with Crippen LogP contribution in [-0.2, 0) is 0 Å². The summed E-state index contributed by atoms with van der Waals surface area (Å²) >= 11 is 0. The maximum Gasteiger partial charge on any atom is 0.317 e. The first-order valence-electron chi connectivity index (χ1n) is 6.16. The number of aromatic nitrogens is 2. The minimum atomic E-state index is -0.0423. The molecular weight excluding hydrogens is 232 g/mol. The van der Waals surface area contributed by atoms with Crippen LogP contribution < -0.4 is 10.5 Å². The van der Waals surface area contributed by atoms with Crippen molar-refractivity contribution in [2.75, 3.05) is 0 Å². The topological polar surface area (TPSA) is 93.6 Å². The third-order valence-electron chi connectivity index (χ3n) is 3.16. The van der Waals surface area contributed by atoms with Crippen LogP contribution in [0.3, 0.4) is 0 Å². The summed E-state index contributed by atoms with van der Waals surface area (Å²) in [6.07, 6.45) is 6.19. The van der Waals surface area contributed by atoms with Crippen LogP contribution in [0.1, 0.15) is 38.3 Å². The van der Waals surface area contributed by atoms with Gasteiger partial charge in [-0.1, -0.05) is 18.5 Å². The third kappa shape index (κ3) is 3.09. The Hall–Kier alpha value is -1.85. The standard InChI is InChI=1S/C12H18N4O2/c1-8-3-2-4-9(7-8)18-12-14-6-5-10(15-12)11(13)16-17/h5-6,8-9,17H,2-4,7H2,1H3,(H2,13,16). The molecule has 0 aliphatic heterocycles. The van der Waals surface area contributed by atoms with Gasteiger partial charge in [-0.05, 0) is 31.2 Å². The lowest BCUT2D eigenvalue weighted by atomic mass is 9.89. The highest BCUT2D eigenvalue weighted by Crippen LogP contribution is 2.26. The lowest BCUT2D eigenvalue weighted by Gasteiger charge is -2.26. The summed E-state index contributed by atoms with van der Waals surface area (Å²) in [5, 5.41) is 11.5. The monoisotopic (exact) mass is 250 g/mol. The first-order valence-corrected chi connectivity index (χ1v) is 6.16. The Kier molecular flexibility index (Phi) is 3.96. The molecule has 3 N–H and O–H groups in total. The smallest absolute Gasteiger partial charge is 0.317 e.